The first kappa shape index (κ1) is 21.3. The van der Waals surface area contributed by atoms with Gasteiger partial charge in [-0.1, -0.05) is 24.8 Å². The summed E-state index contributed by atoms with van der Waals surface area (Å²) in [4.78, 5) is 6.06. The molecule has 3 N–H and O–H groups in total. The molecule has 1 aliphatic heterocycles. The third-order valence-electron chi connectivity index (χ3n) is 5.03. The monoisotopic (exact) mass is 408 g/mol. The van der Waals surface area contributed by atoms with E-state index in [0.717, 1.165) is 6.54 Å². The fraction of sp³-hybridized carbons (Fsp3) is 0.381. The van der Waals surface area contributed by atoms with Gasteiger partial charge in [0.25, 0.3) is 0 Å². The number of likely N-dealkylation sites (tertiary alicyclic amines) is 1. The Morgan fingerprint density at radius 3 is 2.79 bits per heavy atom. The largest absolute Gasteiger partial charge is 0.417 e. The van der Waals surface area contributed by atoms with Crippen LogP contribution in [0.4, 0.5) is 23.2 Å². The van der Waals surface area contributed by atoms with Crippen LogP contribution in [-0.2, 0) is 0 Å². The van der Waals surface area contributed by atoms with Crippen LogP contribution in [0.15, 0.2) is 36.9 Å². The quantitative estimate of drug-likeness (QED) is 0.727. The predicted molar refractivity (Wildman–Crippen MR) is 109 cm³/mol. The second kappa shape index (κ2) is 8.51. The zero-order valence-electron chi connectivity index (χ0n) is 16.1. The molecule has 2 aromatic rings. The molecule has 0 spiro atoms. The van der Waals surface area contributed by atoms with Crippen LogP contribution in [0.3, 0.4) is 0 Å². The molecule has 3 rings (SSSR count). The first-order chi connectivity index (χ1) is 13.7. The molecule has 156 valence electrons. The number of hydrogen-bond acceptors (Lipinski definition) is 4. The van der Waals surface area contributed by atoms with Crippen LogP contribution >= 0.6 is 0 Å². The van der Waals surface area contributed by atoms with E-state index in [1.807, 2.05) is 11.9 Å². The van der Waals surface area contributed by atoms with E-state index in [9.17, 15) is 17.6 Å². The maximum absolute atomic E-state index is 14.5. The topological polar surface area (TPSA) is 54.2 Å². The van der Waals surface area contributed by atoms with Crippen LogP contribution in [-0.4, -0.2) is 55.0 Å². The lowest BCUT2D eigenvalue weighted by Crippen LogP contribution is -2.46. The number of allylic oxidation sites excluding steroid dienone is 1. The maximum atomic E-state index is 14.5. The fourth-order valence-corrected chi connectivity index (χ4v) is 3.48. The molecule has 0 amide bonds. The molecule has 0 bridgehead atoms. The molecule has 8 heteroatoms. The predicted octanol–water partition coefficient (Wildman–Crippen LogP) is 4.24. The van der Waals surface area contributed by atoms with Crippen LogP contribution in [0.5, 0.6) is 0 Å². The summed E-state index contributed by atoms with van der Waals surface area (Å²) in [5.41, 5.74) is 5.10. The van der Waals surface area contributed by atoms with Gasteiger partial charge in [-0.05, 0) is 31.7 Å². The summed E-state index contributed by atoms with van der Waals surface area (Å²) >= 11 is 0. The standard InChI is InChI=1S/C21H24F4N4/c1-13(21(23,24)25)20-15-6-3-7-18(16(15)11-14(27-20)5-4-9-26)28-19-8-10-29(2)12-17(19)22/h3-7,11,17,19,28H,1,8-10,12,26H2,2H3/b5-4+/t17-,19+/m0/s1. The molecule has 1 saturated heterocycles. The average molecular weight is 408 g/mol. The highest BCUT2D eigenvalue weighted by Gasteiger charge is 2.35. The van der Waals surface area contributed by atoms with Crippen molar-refractivity contribution < 1.29 is 17.6 Å². The van der Waals surface area contributed by atoms with Crippen LogP contribution in [0.2, 0.25) is 0 Å². The van der Waals surface area contributed by atoms with Gasteiger partial charge in [0.15, 0.2) is 0 Å². The van der Waals surface area contributed by atoms with Gasteiger partial charge in [-0.25, -0.2) is 9.37 Å². The minimum Gasteiger partial charge on any atom is -0.379 e. The van der Waals surface area contributed by atoms with Gasteiger partial charge in [-0.3, -0.25) is 0 Å². The van der Waals surface area contributed by atoms with E-state index < -0.39 is 24.0 Å². The van der Waals surface area contributed by atoms with Crippen LogP contribution in [0.25, 0.3) is 22.4 Å². The number of nitrogens with one attached hydrogen (secondary N) is 1. The zero-order valence-corrected chi connectivity index (χ0v) is 16.1. The second-order valence-electron chi connectivity index (χ2n) is 7.23. The van der Waals surface area contributed by atoms with Crippen LogP contribution in [0, 0.1) is 0 Å². The van der Waals surface area contributed by atoms with Gasteiger partial charge in [0.05, 0.1) is 23.0 Å². The van der Waals surface area contributed by atoms with E-state index in [0.29, 0.717) is 35.1 Å². The molecule has 2 heterocycles. The van der Waals surface area contributed by atoms with Crippen molar-refractivity contribution in [1.29, 1.82) is 0 Å². The minimum absolute atomic E-state index is 0.230. The Kier molecular flexibility index (Phi) is 6.24. The van der Waals surface area contributed by atoms with Crippen molar-refractivity contribution in [1.82, 2.24) is 9.88 Å². The number of benzene rings is 1. The Labute approximate surface area is 167 Å². The number of aromatic nitrogens is 1. The van der Waals surface area contributed by atoms with Crippen molar-refractivity contribution in [3.05, 3.63) is 48.3 Å². The number of nitrogens with two attached hydrogens (primary N) is 1. The molecule has 29 heavy (non-hydrogen) atoms. The summed E-state index contributed by atoms with van der Waals surface area (Å²) < 4.78 is 54.6. The van der Waals surface area contributed by atoms with Gasteiger partial charge in [-0.2, -0.15) is 13.2 Å². The Bertz CT molecular complexity index is 923. The molecular weight excluding hydrogens is 384 g/mol. The van der Waals surface area contributed by atoms with Gasteiger partial charge in [0.1, 0.15) is 6.17 Å². The summed E-state index contributed by atoms with van der Waals surface area (Å²) in [6.07, 6.45) is -1.92. The molecule has 1 aliphatic rings. The van der Waals surface area contributed by atoms with E-state index >= 15 is 0 Å². The average Bonchev–Trinajstić information content (AvgIpc) is 2.67. The highest BCUT2D eigenvalue weighted by molar-refractivity contribution is 6.00. The molecule has 2 atom stereocenters. The van der Waals surface area contributed by atoms with Crippen molar-refractivity contribution in [2.45, 2.75) is 24.8 Å². The normalized spacial score (nSPS) is 21.0. The van der Waals surface area contributed by atoms with E-state index in [-0.39, 0.29) is 12.2 Å². The minimum atomic E-state index is -4.61. The molecule has 4 nitrogen and oxygen atoms in total. The highest BCUT2D eigenvalue weighted by atomic mass is 19.4. The van der Waals surface area contributed by atoms with Crippen molar-refractivity contribution in [2.75, 3.05) is 32.0 Å². The molecule has 1 aromatic carbocycles. The Morgan fingerprint density at radius 1 is 1.38 bits per heavy atom. The van der Waals surface area contributed by atoms with Crippen molar-refractivity contribution in [2.24, 2.45) is 5.73 Å². The first-order valence-electron chi connectivity index (χ1n) is 9.36. The fourth-order valence-electron chi connectivity index (χ4n) is 3.48. The molecule has 1 fully saturated rings. The summed E-state index contributed by atoms with van der Waals surface area (Å²) in [7, 11) is 1.86. The second-order valence-corrected chi connectivity index (χ2v) is 7.23. The zero-order chi connectivity index (χ0) is 21.2. The van der Waals surface area contributed by atoms with E-state index in [1.54, 1.807) is 36.4 Å². The number of rotatable bonds is 5. The lowest BCUT2D eigenvalue weighted by molar-refractivity contribution is -0.0688. The smallest absolute Gasteiger partial charge is 0.379 e. The van der Waals surface area contributed by atoms with Crippen LogP contribution < -0.4 is 11.1 Å². The molecule has 0 aliphatic carbocycles. The van der Waals surface area contributed by atoms with E-state index in [1.165, 1.54) is 0 Å². The molecule has 0 saturated carbocycles. The van der Waals surface area contributed by atoms with Crippen molar-refractivity contribution in [3.63, 3.8) is 0 Å². The van der Waals surface area contributed by atoms with E-state index in [2.05, 4.69) is 16.9 Å². The van der Waals surface area contributed by atoms with Gasteiger partial charge < -0.3 is 16.0 Å². The van der Waals surface area contributed by atoms with Gasteiger partial charge in [-0.15, -0.1) is 0 Å². The number of pyridine rings is 1. The third-order valence-corrected chi connectivity index (χ3v) is 5.03. The van der Waals surface area contributed by atoms with Crippen molar-refractivity contribution in [3.8, 4) is 0 Å². The van der Waals surface area contributed by atoms with Gasteiger partial charge in [0, 0.05) is 36.1 Å². The van der Waals surface area contributed by atoms with Gasteiger partial charge in [0.2, 0.25) is 0 Å². The number of piperidine rings is 1. The lowest BCUT2D eigenvalue weighted by Gasteiger charge is -2.33. The molecule has 0 radical (unpaired) electrons. The molecular formula is C21H24F4N4. The number of nitrogens with zero attached hydrogens (tertiary/aromatic N) is 2. The number of hydrogen-bond donors (Lipinski definition) is 2. The number of halogens is 4. The maximum Gasteiger partial charge on any atom is 0.417 e. The van der Waals surface area contributed by atoms with Gasteiger partial charge >= 0.3 is 6.18 Å². The SMILES string of the molecule is C=C(c1nc(/C=C/CN)cc2c(N[C@@H]3CCN(C)C[C@@H]3F)cccc12)C(F)(F)F. The Hall–Kier alpha value is -2.45. The lowest BCUT2D eigenvalue weighted by atomic mass is 9.99. The van der Waals surface area contributed by atoms with E-state index in [4.69, 9.17) is 5.73 Å². The summed E-state index contributed by atoms with van der Waals surface area (Å²) in [6.45, 7) is 4.49. The Balaban J connectivity index is 2.09. The summed E-state index contributed by atoms with van der Waals surface area (Å²) in [5, 5.41) is 4.04. The number of fused-ring (bicyclic) bond motifs is 1. The highest BCUT2D eigenvalue weighted by Crippen LogP contribution is 2.37. The van der Waals surface area contributed by atoms with Crippen LogP contribution in [0.1, 0.15) is 17.8 Å². The third kappa shape index (κ3) is 4.76. The Morgan fingerprint density at radius 2 is 2.14 bits per heavy atom. The number of anilines is 1. The first-order valence-corrected chi connectivity index (χ1v) is 9.36. The number of alkyl halides is 4. The summed E-state index contributed by atoms with van der Waals surface area (Å²) in [6, 6.07) is 6.21. The van der Waals surface area contributed by atoms with Crippen molar-refractivity contribution >= 4 is 28.1 Å². The summed E-state index contributed by atoms with van der Waals surface area (Å²) in [5.74, 6) is 0. The molecule has 1 aromatic heterocycles. The molecule has 0 unspecified atom stereocenters.